The maximum atomic E-state index is 13.6. The van der Waals surface area contributed by atoms with Gasteiger partial charge >= 0.3 is 0 Å². The van der Waals surface area contributed by atoms with Gasteiger partial charge in [-0.25, -0.2) is 4.98 Å². The summed E-state index contributed by atoms with van der Waals surface area (Å²) in [5.74, 6) is 1.82. The number of amides is 2. The van der Waals surface area contributed by atoms with E-state index in [0.717, 1.165) is 41.9 Å². The van der Waals surface area contributed by atoms with Crippen molar-refractivity contribution in [2.24, 2.45) is 7.05 Å². The van der Waals surface area contributed by atoms with Gasteiger partial charge in [0, 0.05) is 69.9 Å². The number of aryl methyl sites for hydroxylation is 2. The van der Waals surface area contributed by atoms with Crippen molar-refractivity contribution in [1.82, 2.24) is 19.4 Å². The highest BCUT2D eigenvalue weighted by molar-refractivity contribution is 6.05. The number of carbonyl (C=O) groups excluding carboxylic acids is 2. The predicted molar refractivity (Wildman–Crippen MR) is 192 cm³/mol. The van der Waals surface area contributed by atoms with Crippen molar-refractivity contribution in [3.05, 3.63) is 114 Å². The van der Waals surface area contributed by atoms with Crippen LogP contribution in [0.25, 0.3) is 10.9 Å². The maximum Gasteiger partial charge on any atom is 0.270 e. The summed E-state index contributed by atoms with van der Waals surface area (Å²) in [5, 5.41) is 0.964. The second-order valence-electron chi connectivity index (χ2n) is 12.4. The molecule has 5 aromatic rings. The Balaban J connectivity index is 0.00000451. The highest BCUT2D eigenvalue weighted by Crippen LogP contribution is 2.28. The quantitative estimate of drug-likeness (QED) is 0.167. The summed E-state index contributed by atoms with van der Waals surface area (Å²) in [6, 6.07) is 27.0. The van der Waals surface area contributed by atoms with Gasteiger partial charge in [0.05, 0.1) is 23.5 Å². The lowest BCUT2D eigenvalue weighted by molar-refractivity contribution is 0.0619. The Bertz CT molecular complexity index is 1860. The van der Waals surface area contributed by atoms with Crippen LogP contribution in [0, 0.1) is 6.92 Å². The molecule has 2 aromatic heterocycles. The van der Waals surface area contributed by atoms with Crippen LogP contribution in [0.2, 0.25) is 0 Å². The molecule has 10 heteroatoms. The van der Waals surface area contributed by atoms with Crippen LogP contribution in [0.15, 0.2) is 91.1 Å². The van der Waals surface area contributed by atoms with Crippen LogP contribution in [0.4, 0.5) is 5.69 Å². The molecule has 0 bridgehead atoms. The van der Waals surface area contributed by atoms with E-state index in [1.54, 1.807) is 24.2 Å². The van der Waals surface area contributed by atoms with Gasteiger partial charge in [0.2, 0.25) is 5.88 Å². The van der Waals surface area contributed by atoms with Crippen LogP contribution < -0.4 is 14.4 Å². The monoisotopic (exact) mass is 667 g/mol. The number of ether oxygens (including phenoxy) is 2. The molecule has 0 N–H and O–H groups in total. The van der Waals surface area contributed by atoms with Crippen LogP contribution in [-0.2, 0) is 13.6 Å². The van der Waals surface area contributed by atoms with Crippen LogP contribution in [-0.4, -0.2) is 70.5 Å². The molecule has 0 atom stereocenters. The summed E-state index contributed by atoms with van der Waals surface area (Å²) in [7, 11) is 3.64. The number of anilines is 1. The van der Waals surface area contributed by atoms with Gasteiger partial charge in [-0.2, -0.15) is 0 Å². The van der Waals surface area contributed by atoms with E-state index in [2.05, 4.69) is 22.0 Å². The molecular formula is C38H42ClN5O4. The molecule has 2 amide bonds. The Hall–Kier alpha value is -4.86. The Morgan fingerprint density at radius 1 is 0.875 bits per heavy atom. The Kier molecular flexibility index (Phi) is 10.7. The molecule has 9 nitrogen and oxygen atoms in total. The predicted octanol–water partition coefficient (Wildman–Crippen LogP) is 7.12. The van der Waals surface area contributed by atoms with Gasteiger partial charge in [-0.15, -0.1) is 12.4 Å². The summed E-state index contributed by atoms with van der Waals surface area (Å²) in [6.45, 7) is 9.88. The fourth-order valence-electron chi connectivity index (χ4n) is 5.81. The number of rotatable bonds is 9. The number of halogens is 1. The molecule has 48 heavy (non-hydrogen) atoms. The van der Waals surface area contributed by atoms with Crippen molar-refractivity contribution in [3.8, 4) is 17.4 Å². The van der Waals surface area contributed by atoms with Crippen molar-refractivity contribution in [1.29, 1.82) is 0 Å². The molecule has 0 radical (unpaired) electrons. The zero-order valence-corrected chi connectivity index (χ0v) is 28.9. The molecule has 0 spiro atoms. The number of hydrogen-bond donors (Lipinski definition) is 0. The summed E-state index contributed by atoms with van der Waals surface area (Å²) >= 11 is 0. The van der Waals surface area contributed by atoms with Crippen LogP contribution in [0.5, 0.6) is 17.4 Å². The van der Waals surface area contributed by atoms with Crippen molar-refractivity contribution in [3.63, 3.8) is 0 Å². The SMILES string of the molecule is Cc1ccc(C(=O)N(C)c2ccc(Oc3ccc4cc(C(=O)N5CCN(Cc6ccc(OC(C)C)cc6)CC5)n(C)c4c3)nc2)cc1.Cl. The minimum atomic E-state index is -0.111. The molecule has 0 aliphatic carbocycles. The van der Waals surface area contributed by atoms with Gasteiger partial charge in [-0.05, 0) is 74.9 Å². The van der Waals surface area contributed by atoms with Gasteiger partial charge in [0.25, 0.3) is 11.8 Å². The summed E-state index contributed by atoms with van der Waals surface area (Å²) < 4.78 is 13.8. The fourth-order valence-corrected chi connectivity index (χ4v) is 5.81. The minimum absolute atomic E-state index is 0. The van der Waals surface area contributed by atoms with E-state index in [1.165, 1.54) is 5.56 Å². The molecule has 6 rings (SSSR count). The summed E-state index contributed by atoms with van der Waals surface area (Å²) in [4.78, 5) is 36.8. The second kappa shape index (κ2) is 14.9. The molecule has 3 aromatic carbocycles. The normalized spacial score (nSPS) is 13.3. The molecule has 0 saturated carbocycles. The first-order valence-corrected chi connectivity index (χ1v) is 16.0. The smallest absolute Gasteiger partial charge is 0.270 e. The highest BCUT2D eigenvalue weighted by Gasteiger charge is 2.25. The van der Waals surface area contributed by atoms with E-state index in [9.17, 15) is 9.59 Å². The van der Waals surface area contributed by atoms with E-state index < -0.39 is 0 Å². The Morgan fingerprint density at radius 2 is 1.56 bits per heavy atom. The van der Waals surface area contributed by atoms with Crippen LogP contribution >= 0.6 is 12.4 Å². The third kappa shape index (κ3) is 7.81. The number of aromatic nitrogens is 2. The third-order valence-corrected chi connectivity index (χ3v) is 8.53. The molecular weight excluding hydrogens is 626 g/mol. The lowest BCUT2D eigenvalue weighted by Crippen LogP contribution is -2.48. The molecule has 3 heterocycles. The summed E-state index contributed by atoms with van der Waals surface area (Å²) in [5.41, 5.74) is 5.16. The van der Waals surface area contributed by atoms with Crippen LogP contribution in [0.3, 0.4) is 0 Å². The number of piperazine rings is 1. The van der Waals surface area contributed by atoms with Crippen molar-refractivity contribution < 1.29 is 19.1 Å². The molecule has 1 fully saturated rings. The number of pyridine rings is 1. The molecule has 250 valence electrons. The van der Waals surface area contributed by atoms with Gasteiger partial charge in [0.15, 0.2) is 0 Å². The lowest BCUT2D eigenvalue weighted by Gasteiger charge is -2.34. The average molecular weight is 668 g/mol. The van der Waals surface area contributed by atoms with Crippen molar-refractivity contribution in [2.45, 2.75) is 33.4 Å². The zero-order valence-electron chi connectivity index (χ0n) is 28.1. The highest BCUT2D eigenvalue weighted by atomic mass is 35.5. The number of hydrogen-bond acceptors (Lipinski definition) is 6. The lowest BCUT2D eigenvalue weighted by atomic mass is 10.1. The van der Waals surface area contributed by atoms with Gasteiger partial charge in [0.1, 0.15) is 17.2 Å². The van der Waals surface area contributed by atoms with E-state index in [4.69, 9.17) is 9.47 Å². The van der Waals surface area contributed by atoms with Crippen molar-refractivity contribution >= 4 is 40.8 Å². The molecule has 1 aliphatic heterocycles. The molecule has 0 unspecified atom stereocenters. The van der Waals surface area contributed by atoms with E-state index >= 15 is 0 Å². The van der Waals surface area contributed by atoms with E-state index in [-0.39, 0.29) is 30.3 Å². The van der Waals surface area contributed by atoms with Gasteiger partial charge in [-0.3, -0.25) is 14.5 Å². The summed E-state index contributed by atoms with van der Waals surface area (Å²) in [6.07, 6.45) is 1.78. The third-order valence-electron chi connectivity index (χ3n) is 8.53. The number of benzene rings is 3. The van der Waals surface area contributed by atoms with Gasteiger partial charge in [-0.1, -0.05) is 29.8 Å². The average Bonchev–Trinajstić information content (AvgIpc) is 3.41. The second-order valence-corrected chi connectivity index (χ2v) is 12.4. The van der Waals surface area contributed by atoms with Crippen molar-refractivity contribution in [2.75, 3.05) is 38.1 Å². The maximum absolute atomic E-state index is 13.6. The number of nitrogens with zero attached hydrogens (tertiary/aromatic N) is 5. The largest absolute Gasteiger partial charge is 0.491 e. The molecule has 1 aliphatic rings. The van der Waals surface area contributed by atoms with E-state index in [0.29, 0.717) is 41.7 Å². The van der Waals surface area contributed by atoms with Gasteiger partial charge < -0.3 is 23.8 Å². The minimum Gasteiger partial charge on any atom is -0.491 e. The first-order chi connectivity index (χ1) is 22.6. The molecule has 1 saturated heterocycles. The Morgan fingerprint density at radius 3 is 2.21 bits per heavy atom. The fraction of sp³-hybridized carbons (Fsp3) is 0.289. The number of fused-ring (bicyclic) bond motifs is 1. The standard InChI is InChI=1S/C38H41N5O4.ClH/c1-26(2)46-32-14-8-28(9-15-32)25-42-18-20-43(21-19-42)38(45)35-22-30-12-16-33(23-34(30)41(35)5)47-36-17-13-31(24-39-36)40(4)37(44)29-10-6-27(3)7-11-29;/h6-17,22-24,26H,18-21,25H2,1-5H3;1H. The first kappa shape index (κ1) is 34.5. The zero-order chi connectivity index (χ0) is 33.1. The first-order valence-electron chi connectivity index (χ1n) is 16.0. The topological polar surface area (TPSA) is 80.1 Å². The van der Waals surface area contributed by atoms with Crippen LogP contribution in [0.1, 0.15) is 45.8 Å². The van der Waals surface area contributed by atoms with E-state index in [1.807, 2.05) is 104 Å². The number of carbonyl (C=O) groups is 2. The Labute approximate surface area is 288 Å².